The third-order valence-corrected chi connectivity index (χ3v) is 3.46. The lowest BCUT2D eigenvalue weighted by molar-refractivity contribution is 0.102. The molecular formula is C15H17BrN4O. The van der Waals surface area contributed by atoms with Crippen molar-refractivity contribution in [3.8, 4) is 0 Å². The Morgan fingerprint density at radius 1 is 1.33 bits per heavy atom. The summed E-state index contributed by atoms with van der Waals surface area (Å²) in [6, 6.07) is 7.16. The first-order valence-corrected chi connectivity index (χ1v) is 7.18. The van der Waals surface area contributed by atoms with Crippen LogP contribution in [0.25, 0.3) is 0 Å². The minimum Gasteiger partial charge on any atom is -0.399 e. The molecule has 0 saturated carbocycles. The zero-order valence-electron chi connectivity index (χ0n) is 12.1. The van der Waals surface area contributed by atoms with E-state index in [1.807, 2.05) is 38.1 Å². The van der Waals surface area contributed by atoms with Crippen molar-refractivity contribution in [3.05, 3.63) is 46.1 Å². The van der Waals surface area contributed by atoms with Gasteiger partial charge in [0.2, 0.25) is 0 Å². The highest BCUT2D eigenvalue weighted by molar-refractivity contribution is 9.10. The predicted octanol–water partition coefficient (Wildman–Crippen LogP) is 3.05. The first-order valence-electron chi connectivity index (χ1n) is 6.39. The zero-order chi connectivity index (χ0) is 15.6. The number of pyridine rings is 1. The average molecular weight is 349 g/mol. The molecule has 0 fully saturated rings. The van der Waals surface area contributed by atoms with E-state index in [-0.39, 0.29) is 5.91 Å². The van der Waals surface area contributed by atoms with Gasteiger partial charge in [-0.1, -0.05) is 0 Å². The van der Waals surface area contributed by atoms with Crippen LogP contribution in [0.1, 0.15) is 15.9 Å². The largest absolute Gasteiger partial charge is 0.399 e. The van der Waals surface area contributed by atoms with Crippen LogP contribution in [0.2, 0.25) is 0 Å². The van der Waals surface area contributed by atoms with Crippen molar-refractivity contribution in [1.29, 1.82) is 0 Å². The Morgan fingerprint density at radius 3 is 2.67 bits per heavy atom. The highest BCUT2D eigenvalue weighted by atomic mass is 79.9. The Labute approximate surface area is 132 Å². The Hall–Kier alpha value is -2.08. The van der Waals surface area contributed by atoms with Gasteiger partial charge in [-0.3, -0.25) is 4.79 Å². The van der Waals surface area contributed by atoms with Crippen molar-refractivity contribution < 1.29 is 4.79 Å². The van der Waals surface area contributed by atoms with Crippen LogP contribution >= 0.6 is 15.9 Å². The summed E-state index contributed by atoms with van der Waals surface area (Å²) in [6.07, 6.45) is 1.65. The first kappa shape index (κ1) is 15.3. The minimum atomic E-state index is -0.232. The van der Waals surface area contributed by atoms with Gasteiger partial charge in [-0.2, -0.15) is 0 Å². The van der Waals surface area contributed by atoms with E-state index < -0.39 is 0 Å². The van der Waals surface area contributed by atoms with Crippen LogP contribution in [0.3, 0.4) is 0 Å². The number of hydrogen-bond acceptors (Lipinski definition) is 4. The maximum atomic E-state index is 12.5. The van der Waals surface area contributed by atoms with Crippen molar-refractivity contribution in [2.24, 2.45) is 0 Å². The molecule has 0 bridgehead atoms. The lowest BCUT2D eigenvalue weighted by Crippen LogP contribution is -2.19. The Kier molecular flexibility index (Phi) is 4.47. The molecular weight excluding hydrogens is 332 g/mol. The van der Waals surface area contributed by atoms with E-state index in [1.165, 1.54) is 0 Å². The maximum absolute atomic E-state index is 12.5. The highest BCUT2D eigenvalue weighted by Gasteiger charge is 2.15. The minimum absolute atomic E-state index is 0.232. The van der Waals surface area contributed by atoms with Gasteiger partial charge in [0.1, 0.15) is 5.82 Å². The van der Waals surface area contributed by atoms with Crippen molar-refractivity contribution >= 4 is 39.0 Å². The summed E-state index contributed by atoms with van der Waals surface area (Å²) in [6.45, 7) is 1.89. The predicted molar refractivity (Wildman–Crippen MR) is 89.8 cm³/mol. The lowest BCUT2D eigenvalue weighted by atomic mass is 10.1. The van der Waals surface area contributed by atoms with Crippen molar-refractivity contribution in [1.82, 2.24) is 4.98 Å². The lowest BCUT2D eigenvalue weighted by Gasteiger charge is -2.17. The summed E-state index contributed by atoms with van der Waals surface area (Å²) >= 11 is 3.35. The zero-order valence-corrected chi connectivity index (χ0v) is 13.7. The molecule has 1 aromatic heterocycles. The molecule has 0 atom stereocenters. The van der Waals surface area contributed by atoms with E-state index in [0.717, 1.165) is 15.7 Å². The van der Waals surface area contributed by atoms with Crippen molar-refractivity contribution in [2.45, 2.75) is 6.92 Å². The van der Waals surface area contributed by atoms with Crippen LogP contribution in [-0.2, 0) is 0 Å². The molecule has 0 aliphatic carbocycles. The molecule has 1 heterocycles. The van der Waals surface area contributed by atoms with E-state index in [2.05, 4.69) is 26.2 Å². The third kappa shape index (κ3) is 3.52. The first-order chi connectivity index (χ1) is 9.88. The third-order valence-electron chi connectivity index (χ3n) is 3.02. The number of halogens is 1. The second kappa shape index (κ2) is 6.13. The molecule has 110 valence electrons. The van der Waals surface area contributed by atoms with Gasteiger partial charge in [-0.15, -0.1) is 0 Å². The number of aromatic nitrogens is 1. The summed E-state index contributed by atoms with van der Waals surface area (Å²) in [5, 5.41) is 2.82. The number of nitrogens with one attached hydrogen (secondary N) is 1. The van der Waals surface area contributed by atoms with Gasteiger partial charge in [0.05, 0.1) is 5.56 Å². The second-order valence-electron chi connectivity index (χ2n) is 4.94. The summed E-state index contributed by atoms with van der Waals surface area (Å²) in [5.74, 6) is 0.305. The Morgan fingerprint density at radius 2 is 2.05 bits per heavy atom. The number of nitrogens with two attached hydrogens (primary N) is 1. The van der Waals surface area contributed by atoms with E-state index in [0.29, 0.717) is 17.1 Å². The molecule has 21 heavy (non-hydrogen) atoms. The van der Waals surface area contributed by atoms with Crippen LogP contribution in [0, 0.1) is 6.92 Å². The SMILES string of the molecule is Cc1cc(Br)cnc1NC(=O)c1cc(N)ccc1N(C)C. The summed E-state index contributed by atoms with van der Waals surface area (Å²) in [7, 11) is 3.76. The normalized spacial score (nSPS) is 10.3. The smallest absolute Gasteiger partial charge is 0.259 e. The summed E-state index contributed by atoms with van der Waals surface area (Å²) in [4.78, 5) is 18.6. The summed E-state index contributed by atoms with van der Waals surface area (Å²) < 4.78 is 0.871. The number of carbonyl (C=O) groups excluding carboxylic acids is 1. The number of anilines is 3. The van der Waals surface area contributed by atoms with Crippen molar-refractivity contribution in [2.75, 3.05) is 30.0 Å². The highest BCUT2D eigenvalue weighted by Crippen LogP contribution is 2.23. The number of nitrogens with zero attached hydrogens (tertiary/aromatic N) is 2. The monoisotopic (exact) mass is 348 g/mol. The van der Waals surface area contributed by atoms with Crippen LogP contribution < -0.4 is 16.0 Å². The van der Waals surface area contributed by atoms with Gasteiger partial charge in [-0.25, -0.2) is 4.98 Å². The quantitative estimate of drug-likeness (QED) is 0.836. The standard InChI is InChI=1S/C15H17BrN4O/c1-9-6-10(16)8-18-14(9)19-15(21)12-7-11(17)4-5-13(12)20(2)3/h4-8H,17H2,1-3H3,(H,18,19,21). The van der Waals surface area contributed by atoms with Gasteiger partial charge in [0.25, 0.3) is 5.91 Å². The van der Waals surface area contributed by atoms with E-state index >= 15 is 0 Å². The topological polar surface area (TPSA) is 71.2 Å². The van der Waals surface area contributed by atoms with Gasteiger partial charge < -0.3 is 16.0 Å². The van der Waals surface area contributed by atoms with Crippen LogP contribution in [0.5, 0.6) is 0 Å². The molecule has 2 rings (SSSR count). The molecule has 0 spiro atoms. The van der Waals surface area contributed by atoms with Gasteiger partial charge >= 0.3 is 0 Å². The van der Waals surface area contributed by atoms with Crippen LogP contribution in [-0.4, -0.2) is 25.0 Å². The number of hydrogen-bond donors (Lipinski definition) is 2. The number of rotatable bonds is 3. The number of carbonyl (C=O) groups is 1. The molecule has 0 aliphatic heterocycles. The second-order valence-corrected chi connectivity index (χ2v) is 5.86. The molecule has 1 aromatic carbocycles. The van der Waals surface area contributed by atoms with E-state index in [1.54, 1.807) is 18.3 Å². The maximum Gasteiger partial charge on any atom is 0.259 e. The average Bonchev–Trinajstić information content (AvgIpc) is 2.41. The van der Waals surface area contributed by atoms with Gasteiger partial charge in [0, 0.05) is 36.1 Å². The van der Waals surface area contributed by atoms with E-state index in [4.69, 9.17) is 5.73 Å². The molecule has 0 saturated heterocycles. The Bertz CT molecular complexity index is 685. The number of benzene rings is 1. The van der Waals surface area contributed by atoms with Gasteiger partial charge in [-0.05, 0) is 52.7 Å². The number of amides is 1. The molecule has 0 aliphatic rings. The molecule has 0 unspecified atom stereocenters. The Balaban J connectivity index is 2.34. The fourth-order valence-electron chi connectivity index (χ4n) is 1.97. The van der Waals surface area contributed by atoms with E-state index in [9.17, 15) is 4.79 Å². The van der Waals surface area contributed by atoms with Crippen LogP contribution in [0.15, 0.2) is 34.9 Å². The number of aryl methyl sites for hydroxylation is 1. The molecule has 0 radical (unpaired) electrons. The fourth-order valence-corrected chi connectivity index (χ4v) is 2.42. The molecule has 1 amide bonds. The molecule has 6 heteroatoms. The van der Waals surface area contributed by atoms with Gasteiger partial charge in [0.15, 0.2) is 0 Å². The molecule has 3 N–H and O–H groups in total. The van der Waals surface area contributed by atoms with Crippen LogP contribution in [0.4, 0.5) is 17.2 Å². The molecule has 5 nitrogen and oxygen atoms in total. The molecule has 2 aromatic rings. The summed E-state index contributed by atoms with van der Waals surface area (Å²) in [5.41, 5.74) is 8.54. The number of nitrogen functional groups attached to an aromatic ring is 1. The van der Waals surface area contributed by atoms with Crippen molar-refractivity contribution in [3.63, 3.8) is 0 Å². The fraction of sp³-hybridized carbons (Fsp3) is 0.200.